The largest absolute Gasteiger partial charge is 0.468 e. The van der Waals surface area contributed by atoms with Gasteiger partial charge in [0.15, 0.2) is 0 Å². The van der Waals surface area contributed by atoms with Crippen LogP contribution in [0.5, 0.6) is 0 Å². The van der Waals surface area contributed by atoms with Crippen molar-refractivity contribution in [3.05, 3.63) is 28.7 Å². The van der Waals surface area contributed by atoms with Crippen LogP contribution >= 0.6 is 15.9 Å². The van der Waals surface area contributed by atoms with Crippen molar-refractivity contribution in [2.75, 3.05) is 25.1 Å². The Morgan fingerprint density at radius 3 is 2.62 bits per heavy atom. The molecule has 1 atom stereocenters. The van der Waals surface area contributed by atoms with Gasteiger partial charge in [0.05, 0.1) is 18.7 Å². The van der Waals surface area contributed by atoms with Crippen molar-refractivity contribution < 1.29 is 19.1 Å². The molecule has 1 aromatic carbocycles. The van der Waals surface area contributed by atoms with Gasteiger partial charge in [-0.05, 0) is 41.9 Å². The highest BCUT2D eigenvalue weighted by molar-refractivity contribution is 9.10. The number of anilines is 1. The molecule has 0 aromatic heterocycles. The first-order valence-electron chi connectivity index (χ1n) is 7.77. The minimum Gasteiger partial charge on any atom is -0.468 e. The molecule has 1 heterocycles. The van der Waals surface area contributed by atoms with Crippen molar-refractivity contribution in [2.45, 2.75) is 26.3 Å². The lowest BCUT2D eigenvalue weighted by atomic mass is 10.1. The Balaban J connectivity index is 2.15. The van der Waals surface area contributed by atoms with E-state index in [1.165, 1.54) is 12.0 Å². The van der Waals surface area contributed by atoms with Gasteiger partial charge in [-0.3, -0.25) is 14.4 Å². The molecule has 24 heavy (non-hydrogen) atoms. The molecule has 7 heteroatoms. The molecule has 1 saturated heterocycles. The number of rotatable bonds is 5. The van der Waals surface area contributed by atoms with Crippen LogP contribution in [-0.4, -0.2) is 48.9 Å². The molecule has 6 nitrogen and oxygen atoms in total. The summed E-state index contributed by atoms with van der Waals surface area (Å²) < 4.78 is 5.46. The smallest absolute Gasteiger partial charge is 0.325 e. The number of para-hydroxylation sites is 1. The van der Waals surface area contributed by atoms with E-state index in [4.69, 9.17) is 0 Å². The van der Waals surface area contributed by atoms with Crippen molar-refractivity contribution in [1.29, 1.82) is 0 Å². The van der Waals surface area contributed by atoms with E-state index in [0.717, 1.165) is 10.2 Å². The maximum Gasteiger partial charge on any atom is 0.325 e. The van der Waals surface area contributed by atoms with E-state index >= 15 is 0 Å². The number of halogens is 1. The summed E-state index contributed by atoms with van der Waals surface area (Å²) >= 11 is 3.43. The lowest BCUT2D eigenvalue weighted by Crippen LogP contribution is -2.44. The Bertz CT molecular complexity index is 647. The van der Waals surface area contributed by atoms with Gasteiger partial charge < -0.3 is 14.5 Å². The highest BCUT2D eigenvalue weighted by Crippen LogP contribution is 2.32. The van der Waals surface area contributed by atoms with Crippen LogP contribution in [0.15, 0.2) is 28.7 Å². The van der Waals surface area contributed by atoms with Gasteiger partial charge in [-0.15, -0.1) is 0 Å². The summed E-state index contributed by atoms with van der Waals surface area (Å²) in [6.07, 6.45) is 0.143. The summed E-state index contributed by atoms with van der Waals surface area (Å²) in [5.74, 6) is -1.22. The molecule has 2 amide bonds. The second-order valence-electron chi connectivity index (χ2n) is 5.99. The fraction of sp³-hybridized carbons (Fsp3) is 0.471. The molecule has 0 saturated carbocycles. The molecule has 130 valence electrons. The van der Waals surface area contributed by atoms with Crippen molar-refractivity contribution in [3.63, 3.8) is 0 Å². The van der Waals surface area contributed by atoms with Crippen LogP contribution in [0.4, 0.5) is 5.69 Å². The summed E-state index contributed by atoms with van der Waals surface area (Å²) in [6.45, 7) is 3.88. The Labute approximate surface area is 149 Å². The minimum atomic E-state index is -0.468. The second-order valence-corrected chi connectivity index (χ2v) is 6.85. The molecule has 1 aromatic rings. The van der Waals surface area contributed by atoms with E-state index < -0.39 is 11.9 Å². The van der Waals surface area contributed by atoms with Gasteiger partial charge in [0, 0.05) is 23.5 Å². The fourth-order valence-electron chi connectivity index (χ4n) is 2.73. The Morgan fingerprint density at radius 1 is 1.38 bits per heavy atom. The predicted molar refractivity (Wildman–Crippen MR) is 93.5 cm³/mol. The van der Waals surface area contributed by atoms with Gasteiger partial charge in [0.1, 0.15) is 6.54 Å². The van der Waals surface area contributed by atoms with Crippen molar-refractivity contribution in [3.8, 4) is 0 Å². The first kappa shape index (κ1) is 18.4. The molecule has 0 aliphatic carbocycles. The Morgan fingerprint density at radius 2 is 2.04 bits per heavy atom. The van der Waals surface area contributed by atoms with Crippen LogP contribution in [0.3, 0.4) is 0 Å². The number of amides is 2. The molecular weight excluding hydrogens is 376 g/mol. The van der Waals surface area contributed by atoms with E-state index in [0.29, 0.717) is 6.54 Å². The van der Waals surface area contributed by atoms with Crippen molar-refractivity contribution >= 4 is 39.4 Å². The standard InChI is InChI=1S/C17H21BrN2O4/c1-11(2)19(10-16(22)24-3)17(23)12-8-15(21)20(9-12)14-7-5-4-6-13(14)18/h4-7,11-12H,8-10H2,1-3H3. The van der Waals surface area contributed by atoms with E-state index in [1.54, 1.807) is 4.90 Å². The SMILES string of the molecule is COC(=O)CN(C(=O)C1CC(=O)N(c2ccccc2Br)C1)C(C)C. The van der Waals surface area contributed by atoms with Crippen LogP contribution in [-0.2, 0) is 19.1 Å². The van der Waals surface area contributed by atoms with E-state index in [1.807, 2.05) is 38.1 Å². The molecule has 1 aliphatic heterocycles. The second kappa shape index (κ2) is 7.79. The van der Waals surface area contributed by atoms with E-state index in [9.17, 15) is 14.4 Å². The fourth-order valence-corrected chi connectivity index (χ4v) is 3.23. The van der Waals surface area contributed by atoms with Crippen molar-refractivity contribution in [2.24, 2.45) is 5.92 Å². The maximum atomic E-state index is 12.8. The third-order valence-corrected chi connectivity index (χ3v) is 4.72. The highest BCUT2D eigenvalue weighted by Gasteiger charge is 2.38. The summed E-state index contributed by atoms with van der Waals surface area (Å²) in [5.41, 5.74) is 0.752. The number of carbonyl (C=O) groups is 3. The Hall–Kier alpha value is -1.89. The maximum absolute atomic E-state index is 12.8. The molecule has 2 rings (SSSR count). The van der Waals surface area contributed by atoms with Crippen molar-refractivity contribution in [1.82, 2.24) is 4.90 Å². The summed E-state index contributed by atoms with van der Waals surface area (Å²) in [6, 6.07) is 7.26. The van der Waals surface area contributed by atoms with Gasteiger partial charge in [0.25, 0.3) is 0 Å². The van der Waals surface area contributed by atoms with Gasteiger partial charge in [-0.25, -0.2) is 0 Å². The normalized spacial score (nSPS) is 17.3. The zero-order chi connectivity index (χ0) is 17.9. The topological polar surface area (TPSA) is 66.9 Å². The molecule has 0 spiro atoms. The lowest BCUT2D eigenvalue weighted by Gasteiger charge is -2.28. The number of hydrogen-bond donors (Lipinski definition) is 0. The lowest BCUT2D eigenvalue weighted by molar-refractivity contribution is -0.149. The number of carbonyl (C=O) groups excluding carboxylic acids is 3. The van der Waals surface area contributed by atoms with Gasteiger partial charge >= 0.3 is 5.97 Å². The van der Waals surface area contributed by atoms with E-state index in [2.05, 4.69) is 20.7 Å². The third kappa shape index (κ3) is 3.95. The minimum absolute atomic E-state index is 0.0953. The number of esters is 1. The third-order valence-electron chi connectivity index (χ3n) is 4.05. The molecule has 1 fully saturated rings. The monoisotopic (exact) mass is 396 g/mol. The first-order valence-corrected chi connectivity index (χ1v) is 8.56. The summed E-state index contributed by atoms with van der Waals surface area (Å²) in [4.78, 5) is 39.7. The van der Waals surface area contributed by atoms with Crippen LogP contribution in [0.25, 0.3) is 0 Å². The number of methoxy groups -OCH3 is 1. The molecule has 1 aliphatic rings. The first-order chi connectivity index (χ1) is 11.3. The van der Waals surface area contributed by atoms with Crippen LogP contribution in [0, 0.1) is 5.92 Å². The summed E-state index contributed by atoms with van der Waals surface area (Å²) in [5, 5.41) is 0. The molecular formula is C17H21BrN2O4. The Kier molecular flexibility index (Phi) is 5.99. The zero-order valence-corrected chi connectivity index (χ0v) is 15.6. The number of nitrogens with zero attached hydrogens (tertiary/aromatic N) is 2. The predicted octanol–water partition coefficient (Wildman–Crippen LogP) is 2.21. The van der Waals surface area contributed by atoms with Gasteiger partial charge in [-0.2, -0.15) is 0 Å². The zero-order valence-electron chi connectivity index (χ0n) is 14.0. The molecule has 0 radical (unpaired) electrons. The highest BCUT2D eigenvalue weighted by atomic mass is 79.9. The molecule has 0 bridgehead atoms. The van der Waals surface area contributed by atoms with Gasteiger partial charge in [0.2, 0.25) is 11.8 Å². The summed E-state index contributed by atoms with van der Waals surface area (Å²) in [7, 11) is 1.29. The number of hydrogen-bond acceptors (Lipinski definition) is 4. The molecule has 0 N–H and O–H groups in total. The van der Waals surface area contributed by atoms with Crippen LogP contribution < -0.4 is 4.90 Å². The van der Waals surface area contributed by atoms with E-state index in [-0.39, 0.29) is 30.8 Å². The molecule has 1 unspecified atom stereocenters. The average molecular weight is 397 g/mol. The van der Waals surface area contributed by atoms with Crippen LogP contribution in [0.2, 0.25) is 0 Å². The number of benzene rings is 1. The quantitative estimate of drug-likeness (QED) is 0.715. The average Bonchev–Trinajstić information content (AvgIpc) is 2.93. The number of ether oxygens (including phenoxy) is 1. The van der Waals surface area contributed by atoms with Crippen LogP contribution in [0.1, 0.15) is 20.3 Å². The van der Waals surface area contributed by atoms with Gasteiger partial charge in [-0.1, -0.05) is 12.1 Å².